The molecule has 0 heterocycles. The average molecular weight is 226 g/mol. The van der Waals surface area contributed by atoms with Crippen LogP contribution in [0.4, 0.5) is 4.39 Å². The van der Waals surface area contributed by atoms with Gasteiger partial charge in [-0.2, -0.15) is 0 Å². The van der Waals surface area contributed by atoms with Crippen LogP contribution < -0.4 is 4.74 Å². The molecule has 0 fully saturated rings. The molecule has 0 aromatic heterocycles. The Kier molecular flexibility index (Phi) is 4.44. The number of methoxy groups -OCH3 is 1. The zero-order chi connectivity index (χ0) is 12.0. The van der Waals surface area contributed by atoms with Crippen LogP contribution in [0.1, 0.15) is 12.8 Å². The quantitative estimate of drug-likeness (QED) is 0.579. The Bertz CT molecular complexity index is 389. The number of halogens is 1. The average Bonchev–Trinajstić information content (AvgIpc) is 2.26. The first kappa shape index (κ1) is 12.2. The lowest BCUT2D eigenvalue weighted by Crippen LogP contribution is -2.11. The van der Waals surface area contributed by atoms with Crippen molar-refractivity contribution in [2.75, 3.05) is 7.11 Å². The molecule has 0 atom stereocenters. The maximum atomic E-state index is 12.7. The third-order valence-corrected chi connectivity index (χ3v) is 1.79. The van der Waals surface area contributed by atoms with Crippen molar-refractivity contribution >= 4 is 11.9 Å². The van der Waals surface area contributed by atoms with Gasteiger partial charge in [0.1, 0.15) is 11.6 Å². The summed E-state index contributed by atoms with van der Waals surface area (Å²) in [6, 6.07) is 5.22. The van der Waals surface area contributed by atoms with Crippen molar-refractivity contribution in [2.24, 2.45) is 0 Å². The van der Waals surface area contributed by atoms with E-state index in [1.165, 1.54) is 25.3 Å². The summed E-state index contributed by atoms with van der Waals surface area (Å²) in [5.41, 5.74) is 0. The summed E-state index contributed by atoms with van der Waals surface area (Å²) in [6.07, 6.45) is -0.145. The second-order valence-corrected chi connectivity index (χ2v) is 3.01. The predicted molar refractivity (Wildman–Crippen MR) is 53.3 cm³/mol. The highest BCUT2D eigenvalue weighted by atomic mass is 19.1. The lowest BCUT2D eigenvalue weighted by atomic mass is 10.3. The zero-order valence-corrected chi connectivity index (χ0v) is 8.73. The van der Waals surface area contributed by atoms with E-state index >= 15 is 0 Å². The van der Waals surface area contributed by atoms with Gasteiger partial charge in [-0.1, -0.05) is 6.07 Å². The van der Waals surface area contributed by atoms with Crippen molar-refractivity contribution in [3.05, 3.63) is 30.1 Å². The summed E-state index contributed by atoms with van der Waals surface area (Å²) in [4.78, 5) is 21.9. The molecule has 5 heteroatoms. The molecule has 0 saturated heterocycles. The van der Waals surface area contributed by atoms with Crippen LogP contribution >= 0.6 is 0 Å². The number of hydrogen-bond donors (Lipinski definition) is 0. The van der Waals surface area contributed by atoms with E-state index < -0.39 is 17.8 Å². The molecule has 86 valence electrons. The minimum absolute atomic E-state index is 0.0509. The number of hydrogen-bond acceptors (Lipinski definition) is 4. The minimum Gasteiger partial charge on any atom is -0.469 e. The number of benzene rings is 1. The monoisotopic (exact) mass is 226 g/mol. The van der Waals surface area contributed by atoms with Crippen molar-refractivity contribution in [2.45, 2.75) is 12.8 Å². The molecule has 0 unspecified atom stereocenters. The van der Waals surface area contributed by atoms with Gasteiger partial charge in [0, 0.05) is 6.07 Å². The number of carbonyl (C=O) groups is 2. The third kappa shape index (κ3) is 4.08. The third-order valence-electron chi connectivity index (χ3n) is 1.79. The molecule has 0 bridgehead atoms. The zero-order valence-electron chi connectivity index (χ0n) is 8.73. The molecule has 0 aliphatic heterocycles. The van der Waals surface area contributed by atoms with Gasteiger partial charge in [0.2, 0.25) is 0 Å². The summed E-state index contributed by atoms with van der Waals surface area (Å²) >= 11 is 0. The van der Waals surface area contributed by atoms with Crippen LogP contribution in [0.15, 0.2) is 24.3 Å². The Hall–Kier alpha value is -1.91. The lowest BCUT2D eigenvalue weighted by molar-refractivity contribution is -0.144. The smallest absolute Gasteiger partial charge is 0.311 e. The second kappa shape index (κ2) is 5.85. The first-order valence-corrected chi connectivity index (χ1v) is 4.65. The number of ether oxygens (including phenoxy) is 2. The standard InChI is InChI=1S/C11H11FO4/c1-15-10(13)5-6-11(14)16-9-4-2-3-8(12)7-9/h2-4,7H,5-6H2,1H3. The highest BCUT2D eigenvalue weighted by Gasteiger charge is 2.09. The fraction of sp³-hybridized carbons (Fsp3) is 0.273. The fourth-order valence-corrected chi connectivity index (χ4v) is 1.02. The van der Waals surface area contributed by atoms with E-state index in [1.54, 1.807) is 0 Å². The largest absolute Gasteiger partial charge is 0.469 e. The molecule has 0 aliphatic carbocycles. The van der Waals surface area contributed by atoms with E-state index in [4.69, 9.17) is 4.74 Å². The Morgan fingerprint density at radius 2 is 1.94 bits per heavy atom. The molecule has 4 nitrogen and oxygen atoms in total. The summed E-state index contributed by atoms with van der Waals surface area (Å²) in [5, 5.41) is 0. The van der Waals surface area contributed by atoms with Gasteiger partial charge in [0.15, 0.2) is 0 Å². The first-order chi connectivity index (χ1) is 7.61. The van der Waals surface area contributed by atoms with Crippen LogP contribution in [0.25, 0.3) is 0 Å². The highest BCUT2D eigenvalue weighted by Crippen LogP contribution is 2.12. The van der Waals surface area contributed by atoms with Crippen molar-refractivity contribution in [1.82, 2.24) is 0 Å². The normalized spacial score (nSPS) is 9.62. The van der Waals surface area contributed by atoms with Gasteiger partial charge < -0.3 is 9.47 Å². The van der Waals surface area contributed by atoms with Gasteiger partial charge in [-0.05, 0) is 12.1 Å². The van der Waals surface area contributed by atoms with E-state index in [2.05, 4.69) is 4.74 Å². The van der Waals surface area contributed by atoms with Gasteiger partial charge in [-0.15, -0.1) is 0 Å². The minimum atomic E-state index is -0.601. The van der Waals surface area contributed by atoms with Crippen molar-refractivity contribution in [3.8, 4) is 5.75 Å². The number of esters is 2. The number of rotatable bonds is 4. The van der Waals surface area contributed by atoms with Crippen LogP contribution in [0.3, 0.4) is 0 Å². The molecule has 0 amide bonds. The SMILES string of the molecule is COC(=O)CCC(=O)Oc1cccc(F)c1. The Morgan fingerprint density at radius 1 is 1.25 bits per heavy atom. The van der Waals surface area contributed by atoms with Gasteiger partial charge in [-0.3, -0.25) is 9.59 Å². The summed E-state index contributed by atoms with van der Waals surface area (Å²) in [5.74, 6) is -1.46. The fourth-order valence-electron chi connectivity index (χ4n) is 1.02. The Balaban J connectivity index is 2.43. The molecule has 0 radical (unpaired) electrons. The van der Waals surface area contributed by atoms with E-state index in [-0.39, 0.29) is 18.6 Å². The maximum absolute atomic E-state index is 12.7. The Morgan fingerprint density at radius 3 is 2.56 bits per heavy atom. The van der Waals surface area contributed by atoms with Crippen LogP contribution in [-0.4, -0.2) is 19.0 Å². The van der Waals surface area contributed by atoms with E-state index in [0.717, 1.165) is 6.07 Å². The second-order valence-electron chi connectivity index (χ2n) is 3.01. The van der Waals surface area contributed by atoms with Crippen LogP contribution in [0, 0.1) is 5.82 Å². The first-order valence-electron chi connectivity index (χ1n) is 4.65. The van der Waals surface area contributed by atoms with Gasteiger partial charge >= 0.3 is 11.9 Å². The van der Waals surface area contributed by atoms with Crippen LogP contribution in [-0.2, 0) is 14.3 Å². The molecular formula is C11H11FO4. The lowest BCUT2D eigenvalue weighted by Gasteiger charge is -2.03. The maximum Gasteiger partial charge on any atom is 0.311 e. The Labute approximate surface area is 92.0 Å². The topological polar surface area (TPSA) is 52.6 Å². The van der Waals surface area contributed by atoms with Crippen molar-refractivity contribution in [3.63, 3.8) is 0 Å². The van der Waals surface area contributed by atoms with E-state index in [0.29, 0.717) is 0 Å². The summed E-state index contributed by atoms with van der Waals surface area (Å²) in [7, 11) is 1.24. The molecule has 16 heavy (non-hydrogen) atoms. The molecule has 0 aliphatic rings. The van der Waals surface area contributed by atoms with Gasteiger partial charge in [-0.25, -0.2) is 4.39 Å². The van der Waals surface area contributed by atoms with E-state index in [1.807, 2.05) is 0 Å². The highest BCUT2D eigenvalue weighted by molar-refractivity contribution is 5.78. The molecule has 0 N–H and O–H groups in total. The van der Waals surface area contributed by atoms with E-state index in [9.17, 15) is 14.0 Å². The molecule has 0 spiro atoms. The van der Waals surface area contributed by atoms with Crippen molar-refractivity contribution < 1.29 is 23.5 Å². The number of carbonyl (C=O) groups excluding carboxylic acids is 2. The molecule has 1 aromatic carbocycles. The molecule has 1 aromatic rings. The molecule has 1 rings (SSSR count). The van der Waals surface area contributed by atoms with Crippen molar-refractivity contribution in [1.29, 1.82) is 0 Å². The molecule has 0 saturated carbocycles. The predicted octanol–water partition coefficient (Wildman–Crippen LogP) is 1.68. The summed E-state index contributed by atoms with van der Waals surface area (Å²) in [6.45, 7) is 0. The van der Waals surface area contributed by atoms with Gasteiger partial charge in [0.25, 0.3) is 0 Å². The summed E-state index contributed by atoms with van der Waals surface area (Å²) < 4.78 is 21.9. The molecular weight excluding hydrogens is 215 g/mol. The van der Waals surface area contributed by atoms with Crippen LogP contribution in [0.5, 0.6) is 5.75 Å². The van der Waals surface area contributed by atoms with Gasteiger partial charge in [0.05, 0.1) is 20.0 Å². The van der Waals surface area contributed by atoms with Crippen LogP contribution in [0.2, 0.25) is 0 Å².